The average Bonchev–Trinajstić information content (AvgIpc) is 3.12. The quantitative estimate of drug-likeness (QED) is 0.0943. The number of hydrogen-bond acceptors (Lipinski definition) is 6. The van der Waals surface area contributed by atoms with Crippen molar-refractivity contribution in [1.29, 1.82) is 0 Å². The maximum atomic E-state index is 12.8. The molecule has 1 heterocycles. The summed E-state index contributed by atoms with van der Waals surface area (Å²) >= 11 is 0. The van der Waals surface area contributed by atoms with E-state index < -0.39 is 46.6 Å². The molecule has 272 valence electrons. The lowest BCUT2D eigenvalue weighted by Gasteiger charge is -2.51. The van der Waals surface area contributed by atoms with Crippen molar-refractivity contribution in [2.75, 3.05) is 13.2 Å². The Bertz CT molecular complexity index is 1590. The molecular weight excluding hydrogens is 669 g/mol. The predicted molar refractivity (Wildman–Crippen MR) is 212 cm³/mol. The van der Waals surface area contributed by atoms with Crippen LogP contribution in [-0.4, -0.2) is 64.9 Å². The summed E-state index contributed by atoms with van der Waals surface area (Å²) in [6, 6.07) is 41.9. The third kappa shape index (κ3) is 9.44. The Kier molecular flexibility index (Phi) is 13.1. The van der Waals surface area contributed by atoms with Crippen LogP contribution in [0.2, 0.25) is 30.7 Å². The van der Waals surface area contributed by atoms with Crippen LogP contribution < -0.4 is 10.4 Å². The lowest BCUT2D eigenvalue weighted by atomic mass is 9.84. The molecule has 0 unspecified atom stereocenters. The second-order valence-corrected chi connectivity index (χ2v) is 25.6. The first kappa shape index (κ1) is 39.0. The molecule has 1 aliphatic rings. The van der Waals surface area contributed by atoms with Gasteiger partial charge in [0, 0.05) is 14.7 Å². The predicted octanol–water partition coefficient (Wildman–Crippen LogP) is 7.73. The van der Waals surface area contributed by atoms with E-state index in [-0.39, 0.29) is 18.3 Å². The molecule has 0 radical (unpaired) electrons. The van der Waals surface area contributed by atoms with E-state index in [9.17, 15) is 5.11 Å². The van der Waals surface area contributed by atoms with Crippen molar-refractivity contribution in [3.63, 3.8) is 0 Å². The Balaban J connectivity index is 1.55. The molecule has 1 saturated heterocycles. The monoisotopic (exact) mass is 724 g/mol. The van der Waals surface area contributed by atoms with Gasteiger partial charge in [-0.2, -0.15) is 0 Å². The highest BCUT2D eigenvalue weighted by Crippen LogP contribution is 2.40. The highest BCUT2D eigenvalue weighted by atomic mass is 28.4. The average molecular weight is 725 g/mol. The van der Waals surface area contributed by atoms with Crippen molar-refractivity contribution in [1.82, 2.24) is 0 Å². The first-order valence-electron chi connectivity index (χ1n) is 18.1. The van der Waals surface area contributed by atoms with Gasteiger partial charge >= 0.3 is 0 Å². The molecule has 5 atom stereocenters. The van der Waals surface area contributed by atoms with E-state index in [4.69, 9.17) is 23.4 Å². The Morgan fingerprint density at radius 2 is 1.20 bits per heavy atom. The zero-order valence-electron chi connectivity index (χ0n) is 31.2. The van der Waals surface area contributed by atoms with Crippen LogP contribution in [0.3, 0.4) is 0 Å². The van der Waals surface area contributed by atoms with Gasteiger partial charge in [-0.05, 0) is 32.6 Å². The minimum atomic E-state index is -2.98. The van der Waals surface area contributed by atoms with Crippen LogP contribution in [0.15, 0.2) is 134 Å². The van der Waals surface area contributed by atoms with Crippen molar-refractivity contribution in [3.8, 4) is 0 Å². The summed E-state index contributed by atoms with van der Waals surface area (Å²) in [4.78, 5) is 0. The number of rotatable bonds is 16. The fourth-order valence-corrected chi connectivity index (χ4v) is 12.1. The highest BCUT2D eigenvalue weighted by Gasteiger charge is 2.58. The van der Waals surface area contributed by atoms with E-state index in [1.54, 1.807) is 6.08 Å². The van der Waals surface area contributed by atoms with Crippen molar-refractivity contribution >= 4 is 26.8 Å². The molecule has 0 aromatic heterocycles. The number of hydrogen-bond donors (Lipinski definition) is 1. The van der Waals surface area contributed by atoms with Gasteiger partial charge in [0.15, 0.2) is 6.29 Å². The zero-order valence-corrected chi connectivity index (χ0v) is 33.2. The molecule has 5 rings (SSSR count). The SMILES string of the molecule is C=C[C@@]1(O)[C@H](OCc2ccccc2)[C@@H](OCc2ccccc2)[C@H](OCC[Si](C)(C)C)O[C@@H]1CO[Si](c1ccccc1)(c1ccccc1)C(C)(C)C. The van der Waals surface area contributed by atoms with Crippen LogP contribution in [-0.2, 0) is 36.6 Å². The molecular formula is C43H56O6Si2. The van der Waals surface area contributed by atoms with Gasteiger partial charge in [0.1, 0.15) is 23.9 Å². The lowest BCUT2D eigenvalue weighted by Crippen LogP contribution is -2.71. The van der Waals surface area contributed by atoms with Gasteiger partial charge < -0.3 is 28.5 Å². The van der Waals surface area contributed by atoms with Crippen LogP contribution in [0, 0.1) is 0 Å². The van der Waals surface area contributed by atoms with Crippen molar-refractivity contribution < 1.29 is 28.5 Å². The maximum Gasteiger partial charge on any atom is 0.261 e. The Morgan fingerprint density at radius 1 is 0.725 bits per heavy atom. The van der Waals surface area contributed by atoms with E-state index in [1.807, 2.05) is 72.8 Å². The van der Waals surface area contributed by atoms with Crippen LogP contribution in [0.25, 0.3) is 0 Å². The third-order valence-electron chi connectivity index (χ3n) is 9.72. The topological polar surface area (TPSA) is 66.4 Å². The molecule has 1 fully saturated rings. The third-order valence-corrected chi connectivity index (χ3v) is 16.4. The molecule has 6 nitrogen and oxygen atoms in total. The first-order valence-corrected chi connectivity index (χ1v) is 23.7. The summed E-state index contributed by atoms with van der Waals surface area (Å²) in [6.07, 6.45) is -1.79. The van der Waals surface area contributed by atoms with Gasteiger partial charge in [0.2, 0.25) is 0 Å². The van der Waals surface area contributed by atoms with Crippen LogP contribution in [0.5, 0.6) is 0 Å². The molecule has 0 saturated carbocycles. The molecule has 1 aliphatic heterocycles. The smallest absolute Gasteiger partial charge is 0.261 e. The zero-order chi connectivity index (χ0) is 36.5. The maximum absolute atomic E-state index is 12.8. The van der Waals surface area contributed by atoms with E-state index in [1.165, 1.54) is 0 Å². The normalized spacial score (nSPS) is 22.8. The second-order valence-electron chi connectivity index (χ2n) is 15.7. The minimum absolute atomic E-state index is 0.0836. The Labute approximate surface area is 307 Å². The van der Waals surface area contributed by atoms with E-state index in [0.29, 0.717) is 13.2 Å². The van der Waals surface area contributed by atoms with E-state index in [0.717, 1.165) is 27.5 Å². The van der Waals surface area contributed by atoms with Crippen molar-refractivity contribution in [2.45, 2.75) is 94.9 Å². The highest BCUT2D eigenvalue weighted by molar-refractivity contribution is 6.99. The fraction of sp³-hybridized carbons (Fsp3) is 0.395. The lowest BCUT2D eigenvalue weighted by molar-refractivity contribution is -0.336. The minimum Gasteiger partial charge on any atom is -0.405 e. The van der Waals surface area contributed by atoms with Gasteiger partial charge in [0.25, 0.3) is 8.32 Å². The van der Waals surface area contributed by atoms with Gasteiger partial charge in [0.05, 0.1) is 19.8 Å². The summed E-state index contributed by atoms with van der Waals surface area (Å²) in [6.45, 7) is 19.0. The molecule has 4 aromatic carbocycles. The Hall–Kier alpha value is -3.19. The van der Waals surface area contributed by atoms with Crippen LogP contribution in [0.4, 0.5) is 0 Å². The molecule has 1 N–H and O–H groups in total. The fourth-order valence-electron chi connectivity index (χ4n) is 6.86. The molecule has 8 heteroatoms. The summed E-state index contributed by atoms with van der Waals surface area (Å²) in [5.74, 6) is 0. The van der Waals surface area contributed by atoms with Crippen LogP contribution in [0.1, 0.15) is 31.9 Å². The summed E-state index contributed by atoms with van der Waals surface area (Å²) in [5, 5.41) is 14.8. The first-order chi connectivity index (χ1) is 24.4. The summed E-state index contributed by atoms with van der Waals surface area (Å²) < 4.78 is 34.1. The van der Waals surface area contributed by atoms with Gasteiger partial charge in [-0.1, -0.05) is 168 Å². The van der Waals surface area contributed by atoms with Gasteiger partial charge in [-0.25, -0.2) is 0 Å². The summed E-state index contributed by atoms with van der Waals surface area (Å²) in [5.41, 5.74) is 0.299. The van der Waals surface area contributed by atoms with Crippen molar-refractivity contribution in [3.05, 3.63) is 145 Å². The molecule has 0 spiro atoms. The van der Waals surface area contributed by atoms with E-state index in [2.05, 4.69) is 95.5 Å². The molecule has 0 amide bonds. The van der Waals surface area contributed by atoms with Gasteiger partial charge in [-0.3, -0.25) is 0 Å². The molecule has 51 heavy (non-hydrogen) atoms. The number of aliphatic hydroxyl groups is 1. The largest absolute Gasteiger partial charge is 0.405 e. The standard InChI is InChI=1S/C43H56O6Si2/c1-8-43(44)38(33-48-51(42(2,3)4,36-25-17-11-18-26-36)37-27-19-12-20-28-37)49-41(45-29-30-50(5,6)7)39(46-31-34-21-13-9-14-22-34)40(43)47-32-35-23-15-10-16-24-35/h8-28,38-41,44H,1,29-33H2,2-7H3/t38-,39-,40-,41-,43+/m1/s1. The molecule has 0 aliphatic carbocycles. The molecule has 0 bridgehead atoms. The van der Waals surface area contributed by atoms with E-state index >= 15 is 0 Å². The van der Waals surface area contributed by atoms with Gasteiger partial charge in [-0.15, -0.1) is 6.58 Å². The second kappa shape index (κ2) is 17.1. The summed E-state index contributed by atoms with van der Waals surface area (Å²) in [7, 11) is -4.42. The molecule has 4 aromatic rings. The Morgan fingerprint density at radius 3 is 1.65 bits per heavy atom. The number of ether oxygens (including phenoxy) is 4. The number of benzene rings is 4. The van der Waals surface area contributed by atoms with Crippen molar-refractivity contribution in [2.24, 2.45) is 0 Å². The van der Waals surface area contributed by atoms with Crippen LogP contribution >= 0.6 is 0 Å².